The van der Waals surface area contributed by atoms with Crippen LogP contribution >= 0.6 is 0 Å². The molecule has 0 unspecified atom stereocenters. The number of aromatic nitrogens is 2. The van der Waals surface area contributed by atoms with E-state index in [1.807, 2.05) is 55.8 Å². The molecule has 0 saturated heterocycles. The first-order chi connectivity index (χ1) is 19.3. The van der Waals surface area contributed by atoms with Gasteiger partial charge in [-0.3, -0.25) is 10.1 Å². The first-order valence-electron chi connectivity index (χ1n) is 12.8. The van der Waals surface area contributed by atoms with E-state index >= 15 is 0 Å². The molecule has 10 heteroatoms. The van der Waals surface area contributed by atoms with E-state index in [9.17, 15) is 14.4 Å². The summed E-state index contributed by atoms with van der Waals surface area (Å²) < 4.78 is 13.3. The molecule has 2 aromatic carbocycles. The van der Waals surface area contributed by atoms with Gasteiger partial charge in [0.2, 0.25) is 5.78 Å². The molecule has 0 spiro atoms. The summed E-state index contributed by atoms with van der Waals surface area (Å²) in [5, 5.41) is 11.6. The Labute approximate surface area is 239 Å². The number of ether oxygens (including phenoxy) is 2. The molecule has 0 radical (unpaired) electrons. The van der Waals surface area contributed by atoms with E-state index in [-0.39, 0.29) is 11.8 Å². The predicted octanol–water partition coefficient (Wildman–Crippen LogP) is 5.28. The van der Waals surface area contributed by atoms with Gasteiger partial charge in [0, 0.05) is 49.0 Å². The van der Waals surface area contributed by atoms with Gasteiger partial charge in [-0.1, -0.05) is 24.3 Å². The first-order valence-corrected chi connectivity index (χ1v) is 12.8. The number of rotatable bonds is 6. The van der Waals surface area contributed by atoms with Crippen LogP contribution in [0.5, 0.6) is 0 Å². The van der Waals surface area contributed by atoms with E-state index in [2.05, 4.69) is 5.32 Å². The van der Waals surface area contributed by atoms with Crippen molar-refractivity contribution in [1.29, 1.82) is 0 Å². The standard InChI is InChI=1S/C18H22N2O4.C13H14N2O2/c1-18(2,3)24-17(23)19-14-7-5-12(6-8-14)13-9-15(16(22)11-21)20(4)10-13;1-15-8-10(7-12(15)13(16)17-2)9-3-5-11(14)6-4-9/h5-10,21H,11H2,1-4H3,(H,19,23);3-8H,14H2,1-2H3. The molecule has 0 atom stereocenters. The van der Waals surface area contributed by atoms with Crippen molar-refractivity contribution in [2.45, 2.75) is 26.4 Å². The number of Topliss-reactive ketones (excluding diaryl/α,β-unsaturated/α-hetero) is 1. The van der Waals surface area contributed by atoms with E-state index in [1.54, 1.807) is 61.2 Å². The summed E-state index contributed by atoms with van der Waals surface area (Å²) in [6.45, 7) is 4.89. The number of hydrogen-bond acceptors (Lipinski definition) is 7. The van der Waals surface area contributed by atoms with Crippen LogP contribution in [0.2, 0.25) is 0 Å². The molecule has 4 N–H and O–H groups in total. The van der Waals surface area contributed by atoms with Crippen LogP contribution < -0.4 is 11.1 Å². The third-order valence-electron chi connectivity index (χ3n) is 5.94. The summed E-state index contributed by atoms with van der Waals surface area (Å²) in [7, 11) is 4.94. The number of benzene rings is 2. The maximum atomic E-state index is 11.7. The Kier molecular flexibility index (Phi) is 9.75. The molecule has 4 aromatic rings. The van der Waals surface area contributed by atoms with Crippen LogP contribution in [0.3, 0.4) is 0 Å². The molecule has 10 nitrogen and oxygen atoms in total. The van der Waals surface area contributed by atoms with Crippen molar-refractivity contribution in [3.05, 3.63) is 84.4 Å². The van der Waals surface area contributed by atoms with Gasteiger partial charge in [-0.25, -0.2) is 9.59 Å². The average Bonchev–Trinajstić information content (AvgIpc) is 3.50. The molecule has 216 valence electrons. The first kappa shape index (κ1) is 30.7. The van der Waals surface area contributed by atoms with Gasteiger partial charge in [0.1, 0.15) is 17.9 Å². The van der Waals surface area contributed by atoms with E-state index in [0.29, 0.717) is 17.1 Å². The van der Waals surface area contributed by atoms with Crippen molar-refractivity contribution < 1.29 is 29.0 Å². The second kappa shape index (κ2) is 13.0. The topological polar surface area (TPSA) is 138 Å². The number of aryl methyl sites for hydroxylation is 2. The molecule has 0 aliphatic rings. The summed E-state index contributed by atoms with van der Waals surface area (Å²) in [5.41, 5.74) is 11.1. The fourth-order valence-electron chi connectivity index (χ4n) is 3.95. The van der Waals surface area contributed by atoms with Gasteiger partial charge in [0.15, 0.2) is 0 Å². The van der Waals surface area contributed by atoms with Crippen molar-refractivity contribution in [1.82, 2.24) is 9.13 Å². The van der Waals surface area contributed by atoms with Crippen molar-refractivity contribution in [2.24, 2.45) is 14.1 Å². The summed E-state index contributed by atoms with van der Waals surface area (Å²) in [4.78, 5) is 34.8. The Morgan fingerprint density at radius 1 is 0.829 bits per heavy atom. The number of nitrogen functional groups attached to an aromatic ring is 1. The van der Waals surface area contributed by atoms with Crippen LogP contribution in [0.1, 0.15) is 41.7 Å². The smallest absolute Gasteiger partial charge is 0.412 e. The number of methoxy groups -OCH3 is 1. The van der Waals surface area contributed by atoms with Crippen LogP contribution in [0.4, 0.5) is 16.2 Å². The monoisotopic (exact) mass is 560 g/mol. The molecule has 41 heavy (non-hydrogen) atoms. The van der Waals surface area contributed by atoms with Crippen LogP contribution in [-0.2, 0) is 23.6 Å². The number of nitrogens with two attached hydrogens (primary N) is 1. The zero-order valence-corrected chi connectivity index (χ0v) is 24.1. The number of nitrogens with zero attached hydrogens (tertiary/aromatic N) is 2. The molecule has 2 aromatic heterocycles. The number of nitrogens with one attached hydrogen (secondary N) is 1. The van der Waals surface area contributed by atoms with Crippen molar-refractivity contribution in [3.63, 3.8) is 0 Å². The SMILES string of the molecule is COC(=O)c1cc(-c2ccc(N)cc2)cn1C.Cn1cc(-c2ccc(NC(=O)OC(C)(C)C)cc2)cc1C(=O)CO. The van der Waals surface area contributed by atoms with E-state index in [4.69, 9.17) is 20.3 Å². The fraction of sp³-hybridized carbons (Fsp3) is 0.258. The van der Waals surface area contributed by atoms with Gasteiger partial charge >= 0.3 is 12.1 Å². The molecular formula is C31H36N4O6. The average molecular weight is 561 g/mol. The normalized spacial score (nSPS) is 10.8. The molecule has 0 aliphatic carbocycles. The third-order valence-corrected chi connectivity index (χ3v) is 5.94. The summed E-state index contributed by atoms with van der Waals surface area (Å²) in [6.07, 6.45) is 3.20. The Hall–Kier alpha value is -4.83. The van der Waals surface area contributed by atoms with Gasteiger partial charge in [0.25, 0.3) is 0 Å². The van der Waals surface area contributed by atoms with Crippen LogP contribution in [0.15, 0.2) is 73.1 Å². The number of esters is 1. The fourth-order valence-corrected chi connectivity index (χ4v) is 3.95. The Morgan fingerprint density at radius 2 is 1.32 bits per heavy atom. The predicted molar refractivity (Wildman–Crippen MR) is 159 cm³/mol. The molecule has 0 bridgehead atoms. The number of ketones is 1. The third kappa shape index (κ3) is 8.33. The number of anilines is 2. The highest BCUT2D eigenvalue weighted by Gasteiger charge is 2.17. The van der Waals surface area contributed by atoms with Crippen LogP contribution in [-0.4, -0.2) is 51.4 Å². The minimum absolute atomic E-state index is 0.327. The maximum absolute atomic E-state index is 11.7. The van der Waals surface area contributed by atoms with Crippen molar-refractivity contribution in [2.75, 3.05) is 24.8 Å². The second-order valence-corrected chi connectivity index (χ2v) is 10.3. The molecule has 0 aliphatic heterocycles. The lowest BCUT2D eigenvalue weighted by Crippen LogP contribution is -2.27. The van der Waals surface area contributed by atoms with E-state index in [1.165, 1.54) is 7.11 Å². The van der Waals surface area contributed by atoms with Gasteiger partial charge in [-0.2, -0.15) is 0 Å². The number of amides is 1. The van der Waals surface area contributed by atoms with Crippen molar-refractivity contribution in [3.8, 4) is 22.3 Å². The molecular weight excluding hydrogens is 524 g/mol. The molecule has 4 rings (SSSR count). The van der Waals surface area contributed by atoms with E-state index < -0.39 is 18.3 Å². The second-order valence-electron chi connectivity index (χ2n) is 10.3. The quantitative estimate of drug-likeness (QED) is 0.166. The Balaban J connectivity index is 0.000000239. The minimum atomic E-state index is -0.552. The van der Waals surface area contributed by atoms with Crippen LogP contribution in [0, 0.1) is 0 Å². The van der Waals surface area contributed by atoms with Gasteiger partial charge in [-0.15, -0.1) is 0 Å². The largest absolute Gasteiger partial charge is 0.464 e. The zero-order valence-electron chi connectivity index (χ0n) is 24.1. The lowest BCUT2D eigenvalue weighted by molar-refractivity contribution is 0.0587. The molecule has 1 amide bonds. The maximum Gasteiger partial charge on any atom is 0.412 e. The highest BCUT2D eigenvalue weighted by atomic mass is 16.6. The number of aliphatic hydroxyl groups excluding tert-OH is 1. The number of aliphatic hydroxyl groups is 1. The molecule has 0 fully saturated rings. The zero-order chi connectivity index (χ0) is 30.3. The lowest BCUT2D eigenvalue weighted by Gasteiger charge is -2.19. The molecule has 2 heterocycles. The van der Waals surface area contributed by atoms with Gasteiger partial charge in [-0.05, 0) is 68.3 Å². The highest BCUT2D eigenvalue weighted by molar-refractivity contribution is 5.97. The Morgan fingerprint density at radius 3 is 1.80 bits per heavy atom. The van der Waals surface area contributed by atoms with Crippen LogP contribution in [0.25, 0.3) is 22.3 Å². The van der Waals surface area contributed by atoms with Crippen molar-refractivity contribution >= 4 is 29.2 Å². The van der Waals surface area contributed by atoms with Gasteiger partial charge < -0.3 is 29.4 Å². The minimum Gasteiger partial charge on any atom is -0.464 e. The summed E-state index contributed by atoms with van der Waals surface area (Å²) >= 11 is 0. The number of carbonyl (C=O) groups excluding carboxylic acids is 3. The number of carbonyl (C=O) groups is 3. The van der Waals surface area contributed by atoms with Gasteiger partial charge in [0.05, 0.1) is 12.8 Å². The Bertz CT molecular complexity index is 1510. The highest BCUT2D eigenvalue weighted by Crippen LogP contribution is 2.25. The summed E-state index contributed by atoms with van der Waals surface area (Å²) in [5.74, 6) is -0.666. The van der Waals surface area contributed by atoms with E-state index in [0.717, 1.165) is 27.9 Å². The summed E-state index contributed by atoms with van der Waals surface area (Å²) in [6, 6.07) is 18.3. The number of hydrogen-bond donors (Lipinski definition) is 3. The lowest BCUT2D eigenvalue weighted by atomic mass is 10.1. The molecule has 0 saturated carbocycles.